The molecule has 5 heteroatoms. The van der Waals surface area contributed by atoms with Gasteiger partial charge in [0.1, 0.15) is 0 Å². The van der Waals surface area contributed by atoms with E-state index in [-0.39, 0.29) is 5.78 Å². The number of allylic oxidation sites excluding steroid dienone is 1. The van der Waals surface area contributed by atoms with E-state index in [1.54, 1.807) is 19.3 Å². The number of rotatable bonds is 7. The van der Waals surface area contributed by atoms with Crippen molar-refractivity contribution in [1.29, 1.82) is 0 Å². The monoisotopic (exact) mass is 401 g/mol. The summed E-state index contributed by atoms with van der Waals surface area (Å²) in [5.74, 6) is -0.0742. The second-order valence-corrected chi connectivity index (χ2v) is 9.00. The van der Waals surface area contributed by atoms with Crippen molar-refractivity contribution in [3.63, 3.8) is 0 Å². The fraction of sp³-hybridized carbons (Fsp3) is 0.522. The van der Waals surface area contributed by atoms with E-state index in [4.69, 9.17) is 16.3 Å². The second kappa shape index (κ2) is 7.66. The first kappa shape index (κ1) is 19.7. The van der Waals surface area contributed by atoms with Gasteiger partial charge in [0.05, 0.1) is 22.7 Å². The van der Waals surface area contributed by atoms with Crippen LogP contribution in [0.3, 0.4) is 0 Å². The van der Waals surface area contributed by atoms with E-state index in [9.17, 15) is 9.90 Å². The van der Waals surface area contributed by atoms with Gasteiger partial charge in [-0.15, -0.1) is 0 Å². The van der Waals surface area contributed by atoms with E-state index in [0.717, 1.165) is 30.5 Å². The Morgan fingerprint density at radius 1 is 1.36 bits per heavy atom. The third kappa shape index (κ3) is 3.91. The number of hydrogen-bond acceptors (Lipinski definition) is 3. The molecular weight excluding hydrogens is 374 g/mol. The molecule has 0 radical (unpaired) electrons. The van der Waals surface area contributed by atoms with Crippen LogP contribution in [-0.4, -0.2) is 34.6 Å². The number of fused-ring (bicyclic) bond motifs is 1. The van der Waals surface area contributed by atoms with Gasteiger partial charge in [-0.25, -0.2) is 0 Å². The average molecular weight is 402 g/mol. The number of ketones is 1. The molecule has 2 saturated carbocycles. The zero-order valence-electron chi connectivity index (χ0n) is 16.4. The fourth-order valence-electron chi connectivity index (χ4n) is 4.79. The molecule has 2 aromatic rings. The van der Waals surface area contributed by atoms with E-state index in [0.29, 0.717) is 35.4 Å². The van der Waals surface area contributed by atoms with Crippen LogP contribution in [0.1, 0.15) is 61.0 Å². The van der Waals surface area contributed by atoms with E-state index in [1.807, 2.05) is 28.8 Å². The maximum Gasteiger partial charge on any atom is 0.187 e. The van der Waals surface area contributed by atoms with Crippen LogP contribution in [0.2, 0.25) is 5.02 Å². The minimum atomic E-state index is -0.657. The molecule has 4 rings (SSSR count). The molecule has 0 bridgehead atoms. The summed E-state index contributed by atoms with van der Waals surface area (Å²) in [6, 6.07) is 5.58. The lowest BCUT2D eigenvalue weighted by Crippen LogP contribution is -2.35. The Kier molecular flexibility index (Phi) is 5.38. The Labute approximate surface area is 171 Å². The van der Waals surface area contributed by atoms with Crippen LogP contribution in [0.5, 0.6) is 0 Å². The lowest BCUT2D eigenvalue weighted by atomic mass is 9.74. The van der Waals surface area contributed by atoms with Crippen molar-refractivity contribution in [1.82, 2.24) is 4.40 Å². The van der Waals surface area contributed by atoms with Gasteiger partial charge in [0, 0.05) is 31.0 Å². The molecule has 0 amide bonds. The number of halogens is 1. The topological polar surface area (TPSA) is 50.9 Å². The third-order valence-corrected chi connectivity index (χ3v) is 6.73. The molecule has 2 aromatic heterocycles. The fourth-order valence-corrected chi connectivity index (χ4v) is 5.06. The van der Waals surface area contributed by atoms with Crippen molar-refractivity contribution in [2.45, 2.75) is 57.0 Å². The summed E-state index contributed by atoms with van der Waals surface area (Å²) < 4.78 is 7.15. The second-order valence-electron chi connectivity index (χ2n) is 8.59. The first-order chi connectivity index (χ1) is 13.5. The molecule has 0 saturated heterocycles. The largest absolute Gasteiger partial charge is 0.390 e. The standard InChI is InChI=1S/C23H28ClNO3/c1-28-14-7-17-15-18(21-19(24)5-3-13-25(17)21)20(26)6-2-9-23(27)10-4-8-22(16-23)11-12-22/h2-3,5-6,13,15,27H,4,7-12,14,16H2,1H3/b6-2-. The third-order valence-electron chi connectivity index (χ3n) is 6.43. The zero-order chi connectivity index (χ0) is 19.8. The Hall–Kier alpha value is -1.62. The minimum Gasteiger partial charge on any atom is -0.390 e. The number of hydrogen-bond donors (Lipinski definition) is 1. The van der Waals surface area contributed by atoms with Crippen LogP contribution in [0, 0.1) is 5.41 Å². The van der Waals surface area contributed by atoms with Gasteiger partial charge in [-0.3, -0.25) is 4.79 Å². The van der Waals surface area contributed by atoms with Crippen LogP contribution in [0.4, 0.5) is 0 Å². The first-order valence-corrected chi connectivity index (χ1v) is 10.5. The van der Waals surface area contributed by atoms with Gasteiger partial charge in [0.2, 0.25) is 0 Å². The molecule has 150 valence electrons. The Morgan fingerprint density at radius 2 is 2.18 bits per heavy atom. The molecular formula is C23H28ClNO3. The van der Waals surface area contributed by atoms with Crippen molar-refractivity contribution < 1.29 is 14.6 Å². The number of methoxy groups -OCH3 is 1. The molecule has 0 aromatic carbocycles. The van der Waals surface area contributed by atoms with Crippen LogP contribution < -0.4 is 0 Å². The van der Waals surface area contributed by atoms with Gasteiger partial charge in [0.25, 0.3) is 0 Å². The van der Waals surface area contributed by atoms with Gasteiger partial charge >= 0.3 is 0 Å². The summed E-state index contributed by atoms with van der Waals surface area (Å²) in [5.41, 5.74) is 2.07. The number of carbonyl (C=O) groups is 1. The lowest BCUT2D eigenvalue weighted by Gasteiger charge is -2.36. The van der Waals surface area contributed by atoms with Crippen LogP contribution >= 0.6 is 11.6 Å². The molecule has 1 N–H and O–H groups in total. The molecule has 2 fully saturated rings. The maximum absolute atomic E-state index is 12.9. The molecule has 1 atom stereocenters. The van der Waals surface area contributed by atoms with Crippen LogP contribution in [-0.2, 0) is 11.2 Å². The molecule has 2 heterocycles. The number of aromatic nitrogens is 1. The summed E-state index contributed by atoms with van der Waals surface area (Å²) >= 11 is 6.40. The highest BCUT2D eigenvalue weighted by atomic mass is 35.5. The smallest absolute Gasteiger partial charge is 0.187 e. The van der Waals surface area contributed by atoms with E-state index in [1.165, 1.54) is 19.3 Å². The predicted molar refractivity (Wildman–Crippen MR) is 111 cm³/mol. The SMILES string of the molecule is COCCc1cc(C(=O)/C=C\CC2(O)CCCC3(CC3)C2)c2c(Cl)cccn12. The summed E-state index contributed by atoms with van der Waals surface area (Å²) in [5, 5.41) is 11.5. The van der Waals surface area contributed by atoms with E-state index in [2.05, 4.69) is 0 Å². The highest BCUT2D eigenvalue weighted by Gasteiger charge is 2.50. The number of carbonyl (C=O) groups excluding carboxylic acids is 1. The molecule has 1 spiro atoms. The summed E-state index contributed by atoms with van der Waals surface area (Å²) in [6.07, 6.45) is 13.1. The zero-order valence-corrected chi connectivity index (χ0v) is 17.2. The molecule has 0 aliphatic heterocycles. The van der Waals surface area contributed by atoms with Gasteiger partial charge in [-0.05, 0) is 68.2 Å². The van der Waals surface area contributed by atoms with Crippen molar-refractivity contribution in [3.05, 3.63) is 52.8 Å². The number of aliphatic hydroxyl groups is 1. The van der Waals surface area contributed by atoms with Gasteiger partial charge in [-0.2, -0.15) is 0 Å². The molecule has 1 unspecified atom stereocenters. The first-order valence-electron chi connectivity index (χ1n) is 10.2. The average Bonchev–Trinajstić information content (AvgIpc) is 3.27. The van der Waals surface area contributed by atoms with Gasteiger partial charge in [0.15, 0.2) is 5.78 Å². The highest BCUT2D eigenvalue weighted by molar-refractivity contribution is 6.35. The quantitative estimate of drug-likeness (QED) is 0.525. The minimum absolute atomic E-state index is 0.0742. The summed E-state index contributed by atoms with van der Waals surface area (Å²) in [4.78, 5) is 12.9. The van der Waals surface area contributed by atoms with E-state index >= 15 is 0 Å². The van der Waals surface area contributed by atoms with Crippen LogP contribution in [0.25, 0.3) is 5.52 Å². The van der Waals surface area contributed by atoms with Gasteiger partial charge < -0.3 is 14.2 Å². The molecule has 2 aliphatic carbocycles. The van der Waals surface area contributed by atoms with Gasteiger partial charge in [-0.1, -0.05) is 24.1 Å². The van der Waals surface area contributed by atoms with Crippen molar-refractivity contribution in [2.75, 3.05) is 13.7 Å². The Morgan fingerprint density at radius 3 is 2.93 bits per heavy atom. The molecule has 4 nitrogen and oxygen atoms in total. The van der Waals surface area contributed by atoms with E-state index < -0.39 is 5.60 Å². The van der Waals surface area contributed by atoms with Crippen molar-refractivity contribution >= 4 is 22.9 Å². The van der Waals surface area contributed by atoms with Crippen LogP contribution in [0.15, 0.2) is 36.5 Å². The van der Waals surface area contributed by atoms with Crippen molar-refractivity contribution in [2.24, 2.45) is 5.41 Å². The molecule has 28 heavy (non-hydrogen) atoms. The Balaban J connectivity index is 1.53. The summed E-state index contributed by atoms with van der Waals surface area (Å²) in [6.45, 7) is 0.580. The predicted octanol–water partition coefficient (Wildman–Crippen LogP) is 5.00. The Bertz CT molecular complexity index is 912. The number of pyridine rings is 1. The highest BCUT2D eigenvalue weighted by Crippen LogP contribution is 2.59. The number of nitrogens with zero attached hydrogens (tertiary/aromatic N) is 1. The normalized spacial score (nSPS) is 23.7. The number of ether oxygens (including phenoxy) is 1. The van der Waals surface area contributed by atoms with Crippen molar-refractivity contribution in [3.8, 4) is 0 Å². The lowest BCUT2D eigenvalue weighted by molar-refractivity contribution is -0.0194. The summed E-state index contributed by atoms with van der Waals surface area (Å²) in [7, 11) is 1.67. The maximum atomic E-state index is 12.9. The molecule has 2 aliphatic rings.